The molecule has 0 atom stereocenters. The number of aromatic nitrogens is 3. The van der Waals surface area contributed by atoms with Gasteiger partial charge in [-0.25, -0.2) is 23.4 Å². The molecular formula is C12H14N4O2S2. The van der Waals surface area contributed by atoms with Crippen molar-refractivity contribution in [2.75, 3.05) is 12.8 Å². The predicted octanol–water partition coefficient (Wildman–Crippen LogP) is 0.895. The summed E-state index contributed by atoms with van der Waals surface area (Å²) in [5, 5.41) is 1.96. The Labute approximate surface area is 121 Å². The molecule has 0 amide bonds. The van der Waals surface area contributed by atoms with Crippen molar-refractivity contribution in [3.05, 3.63) is 34.0 Å². The van der Waals surface area contributed by atoms with Crippen molar-refractivity contribution < 1.29 is 8.42 Å². The summed E-state index contributed by atoms with van der Waals surface area (Å²) in [6.45, 7) is 2.39. The summed E-state index contributed by atoms with van der Waals surface area (Å²) in [5.41, 5.74) is 4.73. The second-order valence-corrected chi connectivity index (χ2v) is 7.47. The minimum atomic E-state index is -3.34. The predicted molar refractivity (Wildman–Crippen MR) is 75.1 cm³/mol. The van der Waals surface area contributed by atoms with E-state index in [1.54, 1.807) is 17.5 Å². The molecule has 0 saturated heterocycles. The number of thiazole rings is 1. The van der Waals surface area contributed by atoms with Gasteiger partial charge in [-0.1, -0.05) is 0 Å². The lowest BCUT2D eigenvalue weighted by Gasteiger charge is -2.27. The number of sulfone groups is 1. The van der Waals surface area contributed by atoms with Crippen LogP contribution in [0, 0.1) is 0 Å². The van der Waals surface area contributed by atoms with E-state index in [4.69, 9.17) is 0 Å². The molecule has 3 heterocycles. The smallest absolute Gasteiger partial charge is 0.246 e. The van der Waals surface area contributed by atoms with Gasteiger partial charge in [0.1, 0.15) is 0 Å². The summed E-state index contributed by atoms with van der Waals surface area (Å²) < 4.78 is 22.9. The van der Waals surface area contributed by atoms with E-state index in [-0.39, 0.29) is 5.16 Å². The van der Waals surface area contributed by atoms with Crippen LogP contribution in [0.25, 0.3) is 0 Å². The van der Waals surface area contributed by atoms with Gasteiger partial charge in [0.25, 0.3) is 0 Å². The molecule has 1 aliphatic rings. The quantitative estimate of drug-likeness (QED) is 0.784. The fourth-order valence-electron chi connectivity index (χ4n) is 2.21. The van der Waals surface area contributed by atoms with Crippen molar-refractivity contribution in [2.45, 2.75) is 24.7 Å². The highest BCUT2D eigenvalue weighted by Gasteiger charge is 2.21. The van der Waals surface area contributed by atoms with Crippen LogP contribution in [0.3, 0.4) is 0 Å². The van der Waals surface area contributed by atoms with Crippen LogP contribution < -0.4 is 0 Å². The number of hydrogen-bond donors (Lipinski definition) is 0. The van der Waals surface area contributed by atoms with Crippen LogP contribution in [0.2, 0.25) is 0 Å². The second-order valence-electron chi connectivity index (χ2n) is 4.84. The molecule has 0 aromatic carbocycles. The first-order valence-corrected chi connectivity index (χ1v) is 9.00. The number of hydrogen-bond acceptors (Lipinski definition) is 7. The molecule has 0 N–H and O–H groups in total. The average molecular weight is 310 g/mol. The molecule has 3 rings (SSSR count). The van der Waals surface area contributed by atoms with Gasteiger partial charge in [0.05, 0.1) is 16.9 Å². The topological polar surface area (TPSA) is 76.1 Å². The number of rotatable bonds is 3. The van der Waals surface area contributed by atoms with Crippen LogP contribution in [-0.4, -0.2) is 41.1 Å². The molecule has 0 aliphatic carbocycles. The highest BCUT2D eigenvalue weighted by molar-refractivity contribution is 7.90. The van der Waals surface area contributed by atoms with Crippen LogP contribution in [0.5, 0.6) is 0 Å². The number of nitrogens with zero attached hydrogens (tertiary/aromatic N) is 4. The van der Waals surface area contributed by atoms with Crippen LogP contribution in [0.15, 0.2) is 22.2 Å². The van der Waals surface area contributed by atoms with E-state index in [0.29, 0.717) is 0 Å². The van der Waals surface area contributed by atoms with Crippen molar-refractivity contribution in [3.8, 4) is 0 Å². The molecule has 0 fully saturated rings. The maximum absolute atomic E-state index is 11.5. The fourth-order valence-corrected chi connectivity index (χ4v) is 3.28. The summed E-state index contributed by atoms with van der Waals surface area (Å²) in [6.07, 6.45) is 3.50. The molecule has 2 aromatic rings. The van der Waals surface area contributed by atoms with Crippen LogP contribution >= 0.6 is 11.3 Å². The fraction of sp³-hybridized carbons (Fsp3) is 0.417. The van der Waals surface area contributed by atoms with E-state index < -0.39 is 9.84 Å². The number of fused-ring (bicyclic) bond motifs is 1. The normalized spacial score (nSPS) is 16.1. The molecule has 0 bridgehead atoms. The van der Waals surface area contributed by atoms with Gasteiger partial charge in [-0.2, -0.15) is 0 Å². The lowest BCUT2D eigenvalue weighted by atomic mass is 10.1. The lowest BCUT2D eigenvalue weighted by molar-refractivity contribution is 0.239. The van der Waals surface area contributed by atoms with E-state index in [1.165, 1.54) is 0 Å². The van der Waals surface area contributed by atoms with E-state index >= 15 is 0 Å². The van der Waals surface area contributed by atoms with Gasteiger partial charge in [0, 0.05) is 49.5 Å². The molecule has 1 aliphatic heterocycles. The third-order valence-corrected chi connectivity index (χ3v) is 4.69. The Bertz CT molecular complexity index is 713. The second kappa shape index (κ2) is 5.19. The van der Waals surface area contributed by atoms with E-state index in [2.05, 4.69) is 19.9 Å². The van der Waals surface area contributed by atoms with E-state index in [0.717, 1.165) is 49.3 Å². The van der Waals surface area contributed by atoms with Gasteiger partial charge < -0.3 is 0 Å². The summed E-state index contributed by atoms with van der Waals surface area (Å²) in [6, 6.07) is 0. The summed E-state index contributed by atoms with van der Waals surface area (Å²) >= 11 is 1.59. The van der Waals surface area contributed by atoms with E-state index in [1.807, 2.05) is 10.9 Å². The third kappa shape index (κ3) is 2.87. The van der Waals surface area contributed by atoms with Gasteiger partial charge in [-0.15, -0.1) is 11.3 Å². The van der Waals surface area contributed by atoms with Crippen LogP contribution in [0.4, 0.5) is 0 Å². The summed E-state index contributed by atoms with van der Waals surface area (Å²) in [4.78, 5) is 14.7. The molecule has 0 saturated carbocycles. The van der Waals surface area contributed by atoms with Crippen molar-refractivity contribution in [2.24, 2.45) is 0 Å². The van der Waals surface area contributed by atoms with Gasteiger partial charge in [0.2, 0.25) is 15.0 Å². The van der Waals surface area contributed by atoms with Crippen LogP contribution in [-0.2, 0) is 29.3 Å². The lowest BCUT2D eigenvalue weighted by Crippen LogP contribution is -2.31. The Balaban J connectivity index is 1.79. The van der Waals surface area contributed by atoms with Crippen molar-refractivity contribution in [1.82, 2.24) is 19.9 Å². The Kier molecular flexibility index (Phi) is 3.53. The van der Waals surface area contributed by atoms with E-state index in [9.17, 15) is 8.42 Å². The maximum Gasteiger partial charge on any atom is 0.246 e. The minimum absolute atomic E-state index is 0.0794. The zero-order chi connectivity index (χ0) is 14.2. The maximum atomic E-state index is 11.5. The first-order chi connectivity index (χ1) is 9.52. The average Bonchev–Trinajstić information content (AvgIpc) is 2.90. The molecule has 20 heavy (non-hydrogen) atoms. The Morgan fingerprint density at radius 2 is 2.25 bits per heavy atom. The first kappa shape index (κ1) is 13.6. The van der Waals surface area contributed by atoms with Crippen LogP contribution in [0.1, 0.15) is 17.0 Å². The zero-order valence-corrected chi connectivity index (χ0v) is 12.6. The molecule has 0 spiro atoms. The highest BCUT2D eigenvalue weighted by Crippen LogP contribution is 2.19. The Hall–Kier alpha value is -1.38. The van der Waals surface area contributed by atoms with Crippen molar-refractivity contribution in [1.29, 1.82) is 0 Å². The molecule has 2 aromatic heterocycles. The molecule has 6 nitrogen and oxygen atoms in total. The SMILES string of the molecule is CS(=O)(=O)c1ncc2c(n1)CCN(Cc1cscn1)C2. The standard InChI is InChI=1S/C12H14N4O2S2/c1-20(17,18)12-13-4-9-5-16(3-2-11(9)15-12)6-10-7-19-8-14-10/h4,7-8H,2-3,5-6H2,1H3. The molecule has 0 radical (unpaired) electrons. The molecule has 0 unspecified atom stereocenters. The summed E-state index contributed by atoms with van der Waals surface area (Å²) in [5.74, 6) is 0. The Morgan fingerprint density at radius 3 is 2.95 bits per heavy atom. The first-order valence-electron chi connectivity index (χ1n) is 6.16. The highest BCUT2D eigenvalue weighted by atomic mass is 32.2. The molecule has 8 heteroatoms. The van der Waals surface area contributed by atoms with Gasteiger partial charge in [-0.05, 0) is 0 Å². The third-order valence-electron chi connectivity index (χ3n) is 3.19. The molecule has 106 valence electrons. The largest absolute Gasteiger partial charge is 0.293 e. The van der Waals surface area contributed by atoms with Crippen molar-refractivity contribution >= 4 is 21.2 Å². The zero-order valence-electron chi connectivity index (χ0n) is 11.0. The van der Waals surface area contributed by atoms with Gasteiger partial charge in [0.15, 0.2) is 0 Å². The Morgan fingerprint density at radius 1 is 1.40 bits per heavy atom. The molecular weight excluding hydrogens is 296 g/mol. The van der Waals surface area contributed by atoms with Gasteiger partial charge in [-0.3, -0.25) is 4.90 Å². The minimum Gasteiger partial charge on any atom is -0.293 e. The van der Waals surface area contributed by atoms with Gasteiger partial charge >= 0.3 is 0 Å². The monoisotopic (exact) mass is 310 g/mol. The summed E-state index contributed by atoms with van der Waals surface area (Å²) in [7, 11) is -3.34. The van der Waals surface area contributed by atoms with Crippen molar-refractivity contribution in [3.63, 3.8) is 0 Å².